The topological polar surface area (TPSA) is 70.3 Å². The standard InChI is InChI=1S/C13H21N3O2/c1-13(2)6-5-8(10(13)14)9-7-15-11(17-3)12(16-9)18-4/h7-8,10H,5-6,14H2,1-4H3. The molecule has 1 aliphatic carbocycles. The molecule has 100 valence electrons. The van der Waals surface area contributed by atoms with Gasteiger partial charge in [0.2, 0.25) is 0 Å². The van der Waals surface area contributed by atoms with Crippen LogP contribution in [-0.4, -0.2) is 30.2 Å². The Hall–Kier alpha value is -1.36. The molecule has 18 heavy (non-hydrogen) atoms. The van der Waals surface area contributed by atoms with E-state index in [9.17, 15) is 0 Å². The molecule has 1 aromatic rings. The van der Waals surface area contributed by atoms with Crippen molar-refractivity contribution in [1.29, 1.82) is 0 Å². The molecule has 0 amide bonds. The summed E-state index contributed by atoms with van der Waals surface area (Å²) >= 11 is 0. The SMILES string of the molecule is COc1ncc(C2CCC(C)(C)C2N)nc1OC. The second kappa shape index (κ2) is 4.72. The van der Waals surface area contributed by atoms with Crippen molar-refractivity contribution < 1.29 is 9.47 Å². The summed E-state index contributed by atoms with van der Waals surface area (Å²) in [6, 6.07) is 0.102. The number of methoxy groups -OCH3 is 2. The molecular weight excluding hydrogens is 230 g/mol. The molecule has 1 fully saturated rings. The molecule has 0 radical (unpaired) electrons. The van der Waals surface area contributed by atoms with Crippen molar-refractivity contribution in [3.05, 3.63) is 11.9 Å². The third-order valence-electron chi connectivity index (χ3n) is 3.93. The monoisotopic (exact) mass is 251 g/mol. The van der Waals surface area contributed by atoms with E-state index in [1.165, 1.54) is 0 Å². The quantitative estimate of drug-likeness (QED) is 0.885. The van der Waals surface area contributed by atoms with Crippen molar-refractivity contribution in [3.63, 3.8) is 0 Å². The van der Waals surface area contributed by atoms with Crippen LogP contribution in [0, 0.1) is 5.41 Å². The van der Waals surface area contributed by atoms with Crippen molar-refractivity contribution in [2.24, 2.45) is 11.1 Å². The third-order valence-corrected chi connectivity index (χ3v) is 3.93. The molecule has 0 spiro atoms. The van der Waals surface area contributed by atoms with E-state index in [2.05, 4.69) is 23.8 Å². The van der Waals surface area contributed by atoms with Gasteiger partial charge in [0.25, 0.3) is 11.8 Å². The maximum atomic E-state index is 6.31. The zero-order chi connectivity index (χ0) is 13.3. The summed E-state index contributed by atoms with van der Waals surface area (Å²) < 4.78 is 10.3. The molecule has 1 saturated carbocycles. The minimum absolute atomic E-state index is 0.102. The van der Waals surface area contributed by atoms with Crippen molar-refractivity contribution in [1.82, 2.24) is 9.97 Å². The van der Waals surface area contributed by atoms with Crippen LogP contribution in [-0.2, 0) is 0 Å². The van der Waals surface area contributed by atoms with E-state index in [4.69, 9.17) is 15.2 Å². The van der Waals surface area contributed by atoms with E-state index in [0.29, 0.717) is 11.8 Å². The number of rotatable bonds is 3. The Kier molecular flexibility index (Phi) is 3.43. The molecule has 0 saturated heterocycles. The Morgan fingerprint density at radius 2 is 1.94 bits per heavy atom. The van der Waals surface area contributed by atoms with Crippen LogP contribution >= 0.6 is 0 Å². The lowest BCUT2D eigenvalue weighted by atomic mass is 9.85. The summed E-state index contributed by atoms with van der Waals surface area (Å²) in [4.78, 5) is 8.70. The maximum Gasteiger partial charge on any atom is 0.278 e. The third kappa shape index (κ3) is 2.14. The first-order valence-electron chi connectivity index (χ1n) is 6.20. The number of ether oxygens (including phenoxy) is 2. The molecule has 1 heterocycles. The molecular formula is C13H21N3O2. The van der Waals surface area contributed by atoms with Gasteiger partial charge in [-0.2, -0.15) is 0 Å². The zero-order valence-electron chi connectivity index (χ0n) is 11.4. The molecule has 2 rings (SSSR count). The predicted octanol–water partition coefficient (Wildman–Crippen LogP) is 1.72. The average Bonchev–Trinajstić information content (AvgIpc) is 2.64. The Balaban J connectivity index is 2.30. The van der Waals surface area contributed by atoms with Gasteiger partial charge in [-0.05, 0) is 18.3 Å². The summed E-state index contributed by atoms with van der Waals surface area (Å²) in [6.07, 6.45) is 3.89. The van der Waals surface area contributed by atoms with Crippen LogP contribution in [0.15, 0.2) is 6.20 Å². The smallest absolute Gasteiger partial charge is 0.278 e. The molecule has 1 aromatic heterocycles. The Bertz CT molecular complexity index is 434. The van der Waals surface area contributed by atoms with E-state index >= 15 is 0 Å². The van der Waals surface area contributed by atoms with Gasteiger partial charge in [-0.3, -0.25) is 0 Å². The highest BCUT2D eigenvalue weighted by molar-refractivity contribution is 5.28. The highest BCUT2D eigenvalue weighted by Crippen LogP contribution is 2.44. The first kappa shape index (κ1) is 13.1. The molecule has 5 heteroatoms. The van der Waals surface area contributed by atoms with Crippen LogP contribution in [0.4, 0.5) is 0 Å². The van der Waals surface area contributed by atoms with Gasteiger partial charge in [0.1, 0.15) is 0 Å². The van der Waals surface area contributed by atoms with Gasteiger partial charge in [0.15, 0.2) is 0 Å². The fraction of sp³-hybridized carbons (Fsp3) is 0.692. The maximum absolute atomic E-state index is 6.31. The second-order valence-corrected chi connectivity index (χ2v) is 5.47. The first-order chi connectivity index (χ1) is 8.49. The van der Waals surface area contributed by atoms with Crippen LogP contribution in [0.5, 0.6) is 11.8 Å². The second-order valence-electron chi connectivity index (χ2n) is 5.47. The molecule has 0 aliphatic heterocycles. The summed E-state index contributed by atoms with van der Waals surface area (Å²) in [5.41, 5.74) is 7.36. The van der Waals surface area contributed by atoms with Gasteiger partial charge in [0.05, 0.1) is 26.1 Å². The van der Waals surface area contributed by atoms with Crippen LogP contribution < -0.4 is 15.2 Å². The van der Waals surface area contributed by atoms with Crippen molar-refractivity contribution >= 4 is 0 Å². The lowest BCUT2D eigenvalue weighted by molar-refractivity contribution is 0.314. The van der Waals surface area contributed by atoms with E-state index in [1.807, 2.05) is 0 Å². The minimum atomic E-state index is 0.102. The first-order valence-corrected chi connectivity index (χ1v) is 6.20. The Labute approximate surface area is 108 Å². The number of hydrogen-bond donors (Lipinski definition) is 1. The highest BCUT2D eigenvalue weighted by Gasteiger charge is 2.41. The van der Waals surface area contributed by atoms with Gasteiger partial charge in [-0.15, -0.1) is 0 Å². The fourth-order valence-electron chi connectivity index (χ4n) is 2.58. The van der Waals surface area contributed by atoms with E-state index in [0.717, 1.165) is 18.5 Å². The van der Waals surface area contributed by atoms with E-state index < -0.39 is 0 Å². The van der Waals surface area contributed by atoms with Gasteiger partial charge in [0, 0.05) is 12.0 Å². The van der Waals surface area contributed by atoms with Crippen LogP contribution in [0.2, 0.25) is 0 Å². The normalized spacial score (nSPS) is 26.1. The molecule has 1 aliphatic rings. The van der Waals surface area contributed by atoms with Crippen LogP contribution in [0.25, 0.3) is 0 Å². The lowest BCUT2D eigenvalue weighted by Gasteiger charge is -2.26. The zero-order valence-corrected chi connectivity index (χ0v) is 11.4. The van der Waals surface area contributed by atoms with Gasteiger partial charge < -0.3 is 15.2 Å². The minimum Gasteiger partial charge on any atom is -0.477 e. The number of nitrogens with two attached hydrogens (primary N) is 1. The molecule has 5 nitrogen and oxygen atoms in total. The summed E-state index contributed by atoms with van der Waals surface area (Å²) in [7, 11) is 3.12. The van der Waals surface area contributed by atoms with Gasteiger partial charge in [-0.25, -0.2) is 9.97 Å². The number of nitrogens with zero attached hydrogens (tertiary/aromatic N) is 2. The summed E-state index contributed by atoms with van der Waals surface area (Å²) in [5.74, 6) is 1.08. The molecule has 2 unspecified atom stereocenters. The van der Waals surface area contributed by atoms with Crippen molar-refractivity contribution in [2.45, 2.75) is 38.6 Å². The number of hydrogen-bond acceptors (Lipinski definition) is 5. The lowest BCUT2D eigenvalue weighted by Crippen LogP contribution is -2.36. The molecule has 0 bridgehead atoms. The summed E-state index contributed by atoms with van der Waals surface area (Å²) in [5, 5.41) is 0. The molecule has 2 N–H and O–H groups in total. The average molecular weight is 251 g/mol. The van der Waals surface area contributed by atoms with Crippen LogP contribution in [0.3, 0.4) is 0 Å². The largest absolute Gasteiger partial charge is 0.477 e. The highest BCUT2D eigenvalue weighted by atomic mass is 16.5. The van der Waals surface area contributed by atoms with E-state index in [-0.39, 0.29) is 17.4 Å². The molecule has 0 aromatic carbocycles. The van der Waals surface area contributed by atoms with Crippen molar-refractivity contribution in [3.8, 4) is 11.8 Å². The van der Waals surface area contributed by atoms with Gasteiger partial charge in [-0.1, -0.05) is 13.8 Å². The Morgan fingerprint density at radius 1 is 1.28 bits per heavy atom. The van der Waals surface area contributed by atoms with Crippen LogP contribution in [0.1, 0.15) is 38.3 Å². The number of aromatic nitrogens is 2. The fourth-order valence-corrected chi connectivity index (χ4v) is 2.58. The van der Waals surface area contributed by atoms with E-state index in [1.54, 1.807) is 20.4 Å². The van der Waals surface area contributed by atoms with Gasteiger partial charge >= 0.3 is 0 Å². The summed E-state index contributed by atoms with van der Waals surface area (Å²) in [6.45, 7) is 4.40. The van der Waals surface area contributed by atoms with Crippen molar-refractivity contribution in [2.75, 3.05) is 14.2 Å². The molecule has 2 atom stereocenters. The predicted molar refractivity (Wildman–Crippen MR) is 68.9 cm³/mol. The Morgan fingerprint density at radius 3 is 2.44 bits per heavy atom.